The molecule has 0 saturated heterocycles. The summed E-state index contributed by atoms with van der Waals surface area (Å²) in [5.41, 5.74) is 1.50. The normalized spacial score (nSPS) is 27.8. The fourth-order valence-corrected chi connectivity index (χ4v) is 1.05. The quantitative estimate of drug-likeness (QED) is 0.447. The number of allylic oxidation sites excluding steroid dienone is 4. The lowest BCUT2D eigenvalue weighted by Gasteiger charge is -2.08. The predicted octanol–water partition coefficient (Wildman–Crippen LogP) is 2.53. The molecule has 0 nitrogen and oxygen atoms in total. The van der Waals surface area contributed by atoms with Crippen LogP contribution in [0.25, 0.3) is 0 Å². The summed E-state index contributed by atoms with van der Waals surface area (Å²) >= 11 is 0. The van der Waals surface area contributed by atoms with Crippen molar-refractivity contribution in [1.29, 1.82) is 0 Å². The molecular weight excluding hydrogens is 96.1 g/mol. The molecule has 44 valence electrons. The van der Waals surface area contributed by atoms with Gasteiger partial charge in [0.1, 0.15) is 0 Å². The molecule has 0 heteroatoms. The van der Waals surface area contributed by atoms with Gasteiger partial charge in [0.05, 0.1) is 0 Å². The Hall–Kier alpha value is -0.520. The summed E-state index contributed by atoms with van der Waals surface area (Å²) in [6.07, 6.45) is 7.81. The molecular formula is C8H12. The molecule has 1 atom stereocenters. The predicted molar refractivity (Wildman–Crippen MR) is 36.7 cm³/mol. The maximum Gasteiger partial charge on any atom is -0.0222 e. The second-order valence-electron chi connectivity index (χ2n) is 2.58. The summed E-state index contributed by atoms with van der Waals surface area (Å²) < 4.78 is 0. The van der Waals surface area contributed by atoms with Crippen LogP contribution in [0.3, 0.4) is 0 Å². The van der Waals surface area contributed by atoms with Crippen LogP contribution in [0, 0.1) is 5.92 Å². The lowest BCUT2D eigenvalue weighted by molar-refractivity contribution is 0.707. The summed E-state index contributed by atoms with van der Waals surface area (Å²) in [5, 5.41) is 0. The van der Waals surface area contributed by atoms with Crippen LogP contribution >= 0.6 is 0 Å². The van der Waals surface area contributed by atoms with Crippen molar-refractivity contribution in [3.8, 4) is 0 Å². The molecule has 1 rings (SSSR count). The zero-order chi connectivity index (χ0) is 5.98. The van der Waals surface area contributed by atoms with Crippen LogP contribution in [-0.4, -0.2) is 0 Å². The van der Waals surface area contributed by atoms with E-state index in [1.54, 1.807) is 0 Å². The van der Waals surface area contributed by atoms with Crippen LogP contribution in [0.1, 0.15) is 20.3 Å². The van der Waals surface area contributed by atoms with Gasteiger partial charge >= 0.3 is 0 Å². The topological polar surface area (TPSA) is 0 Å². The van der Waals surface area contributed by atoms with Gasteiger partial charge in [-0.25, -0.2) is 0 Å². The highest BCUT2D eigenvalue weighted by Gasteiger charge is 1.99. The van der Waals surface area contributed by atoms with E-state index in [9.17, 15) is 0 Å². The first kappa shape index (κ1) is 5.61. The van der Waals surface area contributed by atoms with Crippen LogP contribution in [0.2, 0.25) is 0 Å². The Kier molecular flexibility index (Phi) is 1.52. The molecule has 0 aromatic rings. The van der Waals surface area contributed by atoms with E-state index >= 15 is 0 Å². The molecule has 1 aliphatic carbocycles. The molecule has 1 aliphatic rings. The zero-order valence-corrected chi connectivity index (χ0v) is 5.52. The molecule has 0 aliphatic heterocycles. The van der Waals surface area contributed by atoms with Crippen molar-refractivity contribution in [3.63, 3.8) is 0 Å². The van der Waals surface area contributed by atoms with Crippen LogP contribution in [0.5, 0.6) is 0 Å². The summed E-state index contributed by atoms with van der Waals surface area (Å²) in [7, 11) is 0. The van der Waals surface area contributed by atoms with Gasteiger partial charge in [0.15, 0.2) is 0 Å². The molecule has 0 aromatic carbocycles. The number of rotatable bonds is 0. The second kappa shape index (κ2) is 2.17. The van der Waals surface area contributed by atoms with E-state index in [-0.39, 0.29) is 0 Å². The molecule has 0 saturated carbocycles. The summed E-state index contributed by atoms with van der Waals surface area (Å²) in [5.74, 6) is 0.764. The van der Waals surface area contributed by atoms with E-state index in [1.807, 2.05) is 0 Å². The van der Waals surface area contributed by atoms with Crippen LogP contribution < -0.4 is 0 Å². The van der Waals surface area contributed by atoms with Gasteiger partial charge in [-0.05, 0) is 19.3 Å². The maximum absolute atomic E-state index is 2.24. The monoisotopic (exact) mass is 108 g/mol. The molecule has 8 heavy (non-hydrogen) atoms. The number of hydrogen-bond donors (Lipinski definition) is 0. The average molecular weight is 108 g/mol. The van der Waals surface area contributed by atoms with Crippen LogP contribution in [-0.2, 0) is 0 Å². The maximum atomic E-state index is 2.24. The molecule has 0 aromatic heterocycles. The molecule has 0 unspecified atom stereocenters. The van der Waals surface area contributed by atoms with Crippen molar-refractivity contribution >= 4 is 0 Å². The number of hydrogen-bond acceptors (Lipinski definition) is 0. The minimum absolute atomic E-state index is 0.764. The smallest absolute Gasteiger partial charge is 0.0222 e. The minimum atomic E-state index is 0.764. The fraction of sp³-hybridized carbons (Fsp3) is 0.500. The third-order valence-electron chi connectivity index (χ3n) is 1.46. The zero-order valence-electron chi connectivity index (χ0n) is 5.52. The summed E-state index contributed by atoms with van der Waals surface area (Å²) in [6.45, 7) is 4.42. The van der Waals surface area contributed by atoms with Crippen molar-refractivity contribution in [3.05, 3.63) is 23.8 Å². The standard InChI is InChI=1S/C8H12/c1-7-4-3-5-8(2)6-7/h3-5,7H,6H2,1-2H3/t7-/m1/s1. The molecule has 0 amide bonds. The fourth-order valence-electron chi connectivity index (χ4n) is 1.05. The van der Waals surface area contributed by atoms with Gasteiger partial charge in [-0.2, -0.15) is 0 Å². The van der Waals surface area contributed by atoms with E-state index in [0.717, 1.165) is 5.92 Å². The van der Waals surface area contributed by atoms with Gasteiger partial charge in [0.2, 0.25) is 0 Å². The Morgan fingerprint density at radius 3 is 2.75 bits per heavy atom. The van der Waals surface area contributed by atoms with Crippen LogP contribution in [0.15, 0.2) is 23.8 Å². The SMILES string of the molecule is CC1=CC=C[C@@H](C)C1. The van der Waals surface area contributed by atoms with Gasteiger partial charge in [0.25, 0.3) is 0 Å². The van der Waals surface area contributed by atoms with Gasteiger partial charge in [-0.3, -0.25) is 0 Å². The van der Waals surface area contributed by atoms with E-state index in [1.165, 1.54) is 12.0 Å². The van der Waals surface area contributed by atoms with Crippen LogP contribution in [0.4, 0.5) is 0 Å². The van der Waals surface area contributed by atoms with Crippen molar-refractivity contribution < 1.29 is 0 Å². The van der Waals surface area contributed by atoms with Gasteiger partial charge in [-0.1, -0.05) is 30.7 Å². The van der Waals surface area contributed by atoms with Gasteiger partial charge < -0.3 is 0 Å². The van der Waals surface area contributed by atoms with E-state index < -0.39 is 0 Å². The van der Waals surface area contributed by atoms with Gasteiger partial charge in [0, 0.05) is 0 Å². The highest BCUT2D eigenvalue weighted by atomic mass is 14.1. The van der Waals surface area contributed by atoms with Crippen molar-refractivity contribution in [1.82, 2.24) is 0 Å². The third kappa shape index (κ3) is 1.22. The minimum Gasteiger partial charge on any atom is -0.0814 e. The Morgan fingerprint density at radius 1 is 1.62 bits per heavy atom. The lowest BCUT2D eigenvalue weighted by atomic mass is 9.97. The van der Waals surface area contributed by atoms with Crippen molar-refractivity contribution in [2.45, 2.75) is 20.3 Å². The Morgan fingerprint density at radius 2 is 2.38 bits per heavy atom. The first-order valence-corrected chi connectivity index (χ1v) is 3.13. The second-order valence-corrected chi connectivity index (χ2v) is 2.58. The van der Waals surface area contributed by atoms with E-state index in [4.69, 9.17) is 0 Å². The Balaban J connectivity index is 2.59. The Bertz CT molecular complexity index is 129. The van der Waals surface area contributed by atoms with E-state index in [0.29, 0.717) is 0 Å². The first-order valence-electron chi connectivity index (χ1n) is 3.13. The first-order chi connectivity index (χ1) is 3.79. The average Bonchev–Trinajstić information content (AvgIpc) is 1.64. The van der Waals surface area contributed by atoms with Gasteiger partial charge in [-0.15, -0.1) is 0 Å². The largest absolute Gasteiger partial charge is 0.0814 e. The molecule has 0 bridgehead atoms. The highest BCUT2D eigenvalue weighted by Crippen LogP contribution is 2.16. The lowest BCUT2D eigenvalue weighted by Crippen LogP contribution is -1.93. The molecule has 0 spiro atoms. The highest BCUT2D eigenvalue weighted by molar-refractivity contribution is 5.17. The third-order valence-corrected chi connectivity index (χ3v) is 1.46. The van der Waals surface area contributed by atoms with Crippen molar-refractivity contribution in [2.75, 3.05) is 0 Å². The molecule has 0 radical (unpaired) electrons. The Labute approximate surface area is 50.9 Å². The van der Waals surface area contributed by atoms with Crippen molar-refractivity contribution in [2.24, 2.45) is 5.92 Å². The summed E-state index contributed by atoms with van der Waals surface area (Å²) in [6, 6.07) is 0. The van der Waals surface area contributed by atoms with E-state index in [2.05, 4.69) is 32.1 Å². The molecule has 0 heterocycles. The summed E-state index contributed by atoms with van der Waals surface area (Å²) in [4.78, 5) is 0. The molecule has 0 N–H and O–H groups in total. The molecule has 0 fully saturated rings.